The van der Waals surface area contributed by atoms with Crippen LogP contribution >= 0.6 is 0 Å². The summed E-state index contributed by atoms with van der Waals surface area (Å²) < 4.78 is 44.4. The van der Waals surface area contributed by atoms with Crippen molar-refractivity contribution in [2.75, 3.05) is 36.1 Å². The van der Waals surface area contributed by atoms with E-state index in [1.54, 1.807) is 12.1 Å². The molecule has 0 heterocycles. The number of ether oxygens (including phenoxy) is 1. The first-order valence-electron chi connectivity index (χ1n) is 9.07. The fourth-order valence-corrected chi connectivity index (χ4v) is 3.98. The SMILES string of the molecule is COCCNC(=O)c1ccccc1NC(=O)C(C)N(c1ccccc1F)S(C)(=O)=O. The van der Waals surface area contributed by atoms with Crippen molar-refractivity contribution in [3.63, 3.8) is 0 Å². The molecule has 162 valence electrons. The zero-order valence-electron chi connectivity index (χ0n) is 16.9. The molecule has 0 aliphatic rings. The number of benzene rings is 2. The first kappa shape index (κ1) is 23.3. The number of nitrogens with one attached hydrogen (secondary N) is 2. The summed E-state index contributed by atoms with van der Waals surface area (Å²) in [6, 6.07) is 10.3. The van der Waals surface area contributed by atoms with Crippen molar-refractivity contribution in [2.24, 2.45) is 0 Å². The predicted molar refractivity (Wildman–Crippen MR) is 112 cm³/mol. The average molecular weight is 437 g/mol. The Morgan fingerprint density at radius 1 is 1.13 bits per heavy atom. The summed E-state index contributed by atoms with van der Waals surface area (Å²) in [5.41, 5.74) is 0.158. The highest BCUT2D eigenvalue weighted by molar-refractivity contribution is 7.92. The Morgan fingerprint density at radius 3 is 2.40 bits per heavy atom. The molecule has 30 heavy (non-hydrogen) atoms. The summed E-state index contributed by atoms with van der Waals surface area (Å²) in [4.78, 5) is 25.2. The molecule has 0 aliphatic heterocycles. The standard InChI is InChI=1S/C20H24FN3O5S/c1-14(24(30(3,27)28)18-11-7-5-9-16(18)21)19(25)23-17-10-6-4-8-15(17)20(26)22-12-13-29-2/h4-11,14H,12-13H2,1-3H3,(H,22,26)(H,23,25). The summed E-state index contributed by atoms with van der Waals surface area (Å²) in [6.07, 6.45) is 0.889. The third-order valence-electron chi connectivity index (χ3n) is 4.20. The third-order valence-corrected chi connectivity index (χ3v) is 5.43. The van der Waals surface area contributed by atoms with Gasteiger partial charge in [0.15, 0.2) is 0 Å². The Morgan fingerprint density at radius 2 is 1.77 bits per heavy atom. The van der Waals surface area contributed by atoms with E-state index in [4.69, 9.17) is 4.74 Å². The lowest BCUT2D eigenvalue weighted by molar-refractivity contribution is -0.116. The number of hydrogen-bond donors (Lipinski definition) is 2. The van der Waals surface area contributed by atoms with E-state index in [0.29, 0.717) is 10.9 Å². The van der Waals surface area contributed by atoms with E-state index < -0.39 is 33.7 Å². The Kier molecular flexibility index (Phi) is 7.90. The highest BCUT2D eigenvalue weighted by Gasteiger charge is 2.31. The molecule has 0 bridgehead atoms. The van der Waals surface area contributed by atoms with Crippen LogP contribution in [0.1, 0.15) is 17.3 Å². The van der Waals surface area contributed by atoms with Crippen LogP contribution in [0, 0.1) is 5.82 Å². The lowest BCUT2D eigenvalue weighted by Gasteiger charge is -2.28. The van der Waals surface area contributed by atoms with Gasteiger partial charge in [-0.2, -0.15) is 0 Å². The topological polar surface area (TPSA) is 105 Å². The molecule has 10 heteroatoms. The molecule has 8 nitrogen and oxygen atoms in total. The third kappa shape index (κ3) is 5.77. The van der Waals surface area contributed by atoms with Crippen molar-refractivity contribution < 1.29 is 27.1 Å². The largest absolute Gasteiger partial charge is 0.383 e. The molecule has 0 spiro atoms. The second kappa shape index (κ2) is 10.2. The van der Waals surface area contributed by atoms with Crippen LogP contribution in [-0.4, -0.2) is 52.8 Å². The number of rotatable bonds is 9. The second-order valence-electron chi connectivity index (χ2n) is 6.47. The van der Waals surface area contributed by atoms with Crippen LogP contribution in [-0.2, 0) is 19.6 Å². The van der Waals surface area contributed by atoms with Crippen LogP contribution in [0.5, 0.6) is 0 Å². The van der Waals surface area contributed by atoms with Crippen LogP contribution in [0.4, 0.5) is 15.8 Å². The normalized spacial score (nSPS) is 12.1. The molecule has 1 atom stereocenters. The maximum Gasteiger partial charge on any atom is 0.253 e. The van der Waals surface area contributed by atoms with Crippen LogP contribution < -0.4 is 14.9 Å². The molecular weight excluding hydrogens is 413 g/mol. The number of para-hydroxylation sites is 2. The first-order valence-corrected chi connectivity index (χ1v) is 10.9. The molecule has 2 rings (SSSR count). The lowest BCUT2D eigenvalue weighted by atomic mass is 10.1. The summed E-state index contributed by atoms with van der Waals surface area (Å²) in [5.74, 6) is -1.93. The van der Waals surface area contributed by atoms with Gasteiger partial charge in [0.05, 0.1) is 29.8 Å². The molecule has 1 unspecified atom stereocenters. The maximum absolute atomic E-state index is 14.2. The summed E-state index contributed by atoms with van der Waals surface area (Å²) in [6.45, 7) is 1.94. The van der Waals surface area contributed by atoms with Crippen LogP contribution in [0.3, 0.4) is 0 Å². The van der Waals surface area contributed by atoms with Gasteiger partial charge in [-0.25, -0.2) is 12.8 Å². The molecular formula is C20H24FN3O5S. The van der Waals surface area contributed by atoms with Crippen molar-refractivity contribution in [3.05, 3.63) is 59.9 Å². The maximum atomic E-state index is 14.2. The number of amides is 2. The lowest BCUT2D eigenvalue weighted by Crippen LogP contribution is -2.46. The number of hydrogen-bond acceptors (Lipinski definition) is 5. The van der Waals surface area contributed by atoms with E-state index in [1.165, 1.54) is 44.4 Å². The number of anilines is 2. The van der Waals surface area contributed by atoms with E-state index in [2.05, 4.69) is 10.6 Å². The molecule has 0 saturated carbocycles. The van der Waals surface area contributed by atoms with Crippen molar-refractivity contribution in [3.8, 4) is 0 Å². The van der Waals surface area contributed by atoms with Crippen molar-refractivity contribution in [1.29, 1.82) is 0 Å². The number of carbonyl (C=O) groups excluding carboxylic acids is 2. The number of carbonyl (C=O) groups is 2. The summed E-state index contributed by atoms with van der Waals surface area (Å²) >= 11 is 0. The van der Waals surface area contributed by atoms with Crippen molar-refractivity contribution >= 4 is 33.2 Å². The minimum atomic E-state index is -3.98. The van der Waals surface area contributed by atoms with Gasteiger partial charge >= 0.3 is 0 Å². The van der Waals surface area contributed by atoms with Gasteiger partial charge < -0.3 is 15.4 Å². The average Bonchev–Trinajstić information content (AvgIpc) is 2.69. The fourth-order valence-electron chi connectivity index (χ4n) is 2.80. The van der Waals surface area contributed by atoms with E-state index in [1.807, 2.05) is 0 Å². The molecule has 2 aromatic rings. The number of methoxy groups -OCH3 is 1. The molecule has 2 amide bonds. The Labute approximate surface area is 175 Å². The van der Waals surface area contributed by atoms with Gasteiger partial charge in [-0.3, -0.25) is 13.9 Å². The smallest absolute Gasteiger partial charge is 0.253 e. The number of sulfonamides is 1. The first-order chi connectivity index (χ1) is 14.2. The van der Waals surface area contributed by atoms with E-state index in [-0.39, 0.29) is 23.5 Å². The van der Waals surface area contributed by atoms with Gasteiger partial charge in [-0.15, -0.1) is 0 Å². The molecule has 0 aliphatic carbocycles. The van der Waals surface area contributed by atoms with Gasteiger partial charge in [0.25, 0.3) is 5.91 Å². The zero-order chi connectivity index (χ0) is 22.3. The second-order valence-corrected chi connectivity index (χ2v) is 8.33. The highest BCUT2D eigenvalue weighted by Crippen LogP contribution is 2.25. The number of nitrogens with zero attached hydrogens (tertiary/aromatic N) is 1. The predicted octanol–water partition coefficient (Wildman–Crippen LogP) is 2.00. The van der Waals surface area contributed by atoms with Crippen LogP contribution in [0.2, 0.25) is 0 Å². The van der Waals surface area contributed by atoms with Gasteiger partial charge in [-0.05, 0) is 31.2 Å². The zero-order valence-corrected chi connectivity index (χ0v) is 17.7. The van der Waals surface area contributed by atoms with Gasteiger partial charge in [0, 0.05) is 13.7 Å². The fraction of sp³-hybridized carbons (Fsp3) is 0.300. The summed E-state index contributed by atoms with van der Waals surface area (Å²) in [7, 11) is -2.47. The van der Waals surface area contributed by atoms with Crippen molar-refractivity contribution in [1.82, 2.24) is 5.32 Å². The van der Waals surface area contributed by atoms with Gasteiger partial charge in [0.1, 0.15) is 11.9 Å². The Bertz CT molecular complexity index is 1010. The van der Waals surface area contributed by atoms with E-state index >= 15 is 0 Å². The van der Waals surface area contributed by atoms with Crippen LogP contribution in [0.15, 0.2) is 48.5 Å². The number of halogens is 1. The quantitative estimate of drug-likeness (QED) is 0.584. The van der Waals surface area contributed by atoms with E-state index in [9.17, 15) is 22.4 Å². The minimum Gasteiger partial charge on any atom is -0.383 e. The molecule has 0 saturated heterocycles. The molecule has 0 radical (unpaired) electrons. The Balaban J connectivity index is 2.28. The van der Waals surface area contributed by atoms with Crippen LogP contribution in [0.25, 0.3) is 0 Å². The molecule has 2 aromatic carbocycles. The van der Waals surface area contributed by atoms with E-state index in [0.717, 1.165) is 12.3 Å². The Hall–Kier alpha value is -2.98. The van der Waals surface area contributed by atoms with Gasteiger partial charge in [0.2, 0.25) is 15.9 Å². The molecule has 2 N–H and O–H groups in total. The highest BCUT2D eigenvalue weighted by atomic mass is 32.2. The minimum absolute atomic E-state index is 0.200. The van der Waals surface area contributed by atoms with Gasteiger partial charge in [-0.1, -0.05) is 24.3 Å². The van der Waals surface area contributed by atoms with Crippen molar-refractivity contribution in [2.45, 2.75) is 13.0 Å². The molecule has 0 fully saturated rings. The molecule has 0 aromatic heterocycles. The summed E-state index contributed by atoms with van der Waals surface area (Å²) in [5, 5.41) is 5.22. The monoisotopic (exact) mass is 437 g/mol.